The van der Waals surface area contributed by atoms with Crippen LogP contribution in [0.2, 0.25) is 0 Å². The molecular formula is C28H42O4. The van der Waals surface area contributed by atoms with Crippen LogP contribution in [0.1, 0.15) is 111 Å². The first kappa shape index (κ1) is 23.7. The third-order valence-corrected chi connectivity index (χ3v) is 10.2. The van der Waals surface area contributed by atoms with Crippen molar-refractivity contribution in [3.05, 3.63) is 11.6 Å². The van der Waals surface area contributed by atoms with Crippen molar-refractivity contribution in [1.29, 1.82) is 0 Å². The fourth-order valence-corrected chi connectivity index (χ4v) is 8.32. The monoisotopic (exact) mass is 442 g/mol. The first-order valence-electron chi connectivity index (χ1n) is 13.1. The highest BCUT2D eigenvalue weighted by atomic mass is 16.6. The van der Waals surface area contributed by atoms with E-state index in [-0.39, 0.29) is 22.6 Å². The minimum Gasteiger partial charge on any atom is -0.450 e. The number of ether oxygens (including phenoxy) is 1. The molecule has 4 rings (SSSR count). The van der Waals surface area contributed by atoms with Crippen molar-refractivity contribution in [2.45, 2.75) is 117 Å². The summed E-state index contributed by atoms with van der Waals surface area (Å²) in [6.07, 6.45) is 13.9. The van der Waals surface area contributed by atoms with E-state index in [1.165, 1.54) is 5.57 Å². The number of hydrogen-bond donors (Lipinski definition) is 0. The summed E-state index contributed by atoms with van der Waals surface area (Å²) < 4.78 is 6.19. The molecule has 0 bridgehead atoms. The highest BCUT2D eigenvalue weighted by Gasteiger charge is 2.67. The molecule has 3 saturated carbocycles. The van der Waals surface area contributed by atoms with Gasteiger partial charge in [0.05, 0.1) is 0 Å². The molecule has 0 aromatic rings. The molecule has 0 radical (unpaired) electrons. The van der Waals surface area contributed by atoms with Gasteiger partial charge in [0.25, 0.3) is 0 Å². The maximum atomic E-state index is 13.1. The lowest BCUT2D eigenvalue weighted by atomic mass is 9.46. The molecule has 4 aliphatic rings. The van der Waals surface area contributed by atoms with E-state index in [4.69, 9.17) is 4.74 Å². The van der Waals surface area contributed by atoms with E-state index in [1.807, 2.05) is 6.08 Å². The maximum Gasteiger partial charge on any atom is 0.306 e. The van der Waals surface area contributed by atoms with Gasteiger partial charge < -0.3 is 4.74 Å². The van der Waals surface area contributed by atoms with Gasteiger partial charge in [-0.15, -0.1) is 0 Å². The number of allylic oxidation sites excluding steroid dienone is 1. The van der Waals surface area contributed by atoms with Crippen LogP contribution in [0.3, 0.4) is 0 Å². The second-order valence-electron chi connectivity index (χ2n) is 11.6. The lowest BCUT2D eigenvalue weighted by molar-refractivity contribution is -0.189. The molecule has 3 fully saturated rings. The Labute approximate surface area is 193 Å². The Kier molecular flexibility index (Phi) is 6.46. The number of rotatable bonds is 7. The number of carbonyl (C=O) groups is 3. The van der Waals surface area contributed by atoms with Crippen molar-refractivity contribution in [3.63, 3.8) is 0 Å². The van der Waals surface area contributed by atoms with Gasteiger partial charge >= 0.3 is 5.97 Å². The molecule has 4 aliphatic carbocycles. The number of ketones is 2. The molecular weight excluding hydrogens is 400 g/mol. The van der Waals surface area contributed by atoms with Crippen molar-refractivity contribution in [2.75, 3.05) is 0 Å². The number of fused-ring (bicyclic) bond motifs is 5. The van der Waals surface area contributed by atoms with Crippen molar-refractivity contribution < 1.29 is 19.1 Å². The van der Waals surface area contributed by atoms with Gasteiger partial charge in [-0.3, -0.25) is 14.4 Å². The van der Waals surface area contributed by atoms with Gasteiger partial charge in [-0.1, -0.05) is 45.6 Å². The number of hydrogen-bond acceptors (Lipinski definition) is 4. The van der Waals surface area contributed by atoms with Crippen LogP contribution >= 0.6 is 0 Å². The summed E-state index contributed by atoms with van der Waals surface area (Å²) in [7, 11) is 0. The highest BCUT2D eigenvalue weighted by Crippen LogP contribution is 2.68. The molecule has 4 heteroatoms. The first-order chi connectivity index (χ1) is 15.2. The molecule has 0 aliphatic heterocycles. The molecule has 178 valence electrons. The van der Waals surface area contributed by atoms with Crippen LogP contribution in [0.5, 0.6) is 0 Å². The Morgan fingerprint density at radius 1 is 1.00 bits per heavy atom. The van der Waals surface area contributed by atoms with Crippen LogP contribution in [0, 0.1) is 28.6 Å². The average Bonchev–Trinajstić information content (AvgIpc) is 3.05. The SMILES string of the molecule is CCCCCCC(=O)O[C@]1(C(C)=O)CCC2C3CCC4=CC(=O)CC[C@]4(C)C3CC[C@@]21C. The van der Waals surface area contributed by atoms with Crippen molar-refractivity contribution in [1.82, 2.24) is 0 Å². The summed E-state index contributed by atoms with van der Waals surface area (Å²) in [4.78, 5) is 38.0. The van der Waals surface area contributed by atoms with Crippen LogP contribution in [0.4, 0.5) is 0 Å². The minimum atomic E-state index is -0.954. The third kappa shape index (κ3) is 3.60. The summed E-state index contributed by atoms with van der Waals surface area (Å²) in [6.45, 7) is 8.42. The normalized spacial score (nSPS) is 40.7. The summed E-state index contributed by atoms with van der Waals surface area (Å²) in [5.41, 5.74) is 0.258. The Hall–Kier alpha value is -1.45. The molecule has 3 unspecified atom stereocenters. The largest absolute Gasteiger partial charge is 0.450 e. The smallest absolute Gasteiger partial charge is 0.306 e. The topological polar surface area (TPSA) is 60.4 Å². The number of carbonyl (C=O) groups excluding carboxylic acids is 3. The molecule has 6 atom stereocenters. The fraction of sp³-hybridized carbons (Fsp3) is 0.821. The summed E-state index contributed by atoms with van der Waals surface area (Å²) in [6, 6.07) is 0. The van der Waals surface area contributed by atoms with E-state index in [9.17, 15) is 14.4 Å². The lowest BCUT2D eigenvalue weighted by Crippen LogP contribution is -2.58. The maximum absolute atomic E-state index is 13.1. The average molecular weight is 443 g/mol. The van der Waals surface area contributed by atoms with Crippen LogP contribution in [0.25, 0.3) is 0 Å². The van der Waals surface area contributed by atoms with Gasteiger partial charge in [-0.05, 0) is 87.5 Å². The van der Waals surface area contributed by atoms with E-state index in [0.717, 1.165) is 64.2 Å². The molecule has 0 spiro atoms. The first-order valence-corrected chi connectivity index (χ1v) is 13.1. The Balaban J connectivity index is 1.56. The Morgan fingerprint density at radius 2 is 1.75 bits per heavy atom. The van der Waals surface area contributed by atoms with E-state index in [2.05, 4.69) is 20.8 Å². The zero-order valence-corrected chi connectivity index (χ0v) is 20.6. The van der Waals surface area contributed by atoms with Crippen LogP contribution in [0.15, 0.2) is 11.6 Å². The Morgan fingerprint density at radius 3 is 2.47 bits per heavy atom. The molecule has 32 heavy (non-hydrogen) atoms. The number of esters is 1. The molecule has 0 aromatic heterocycles. The molecule has 0 saturated heterocycles. The molecule has 4 nitrogen and oxygen atoms in total. The van der Waals surface area contributed by atoms with E-state index >= 15 is 0 Å². The third-order valence-electron chi connectivity index (χ3n) is 10.2. The highest BCUT2D eigenvalue weighted by molar-refractivity contribution is 5.91. The minimum absolute atomic E-state index is 0.0359. The van der Waals surface area contributed by atoms with Crippen molar-refractivity contribution >= 4 is 17.5 Å². The Bertz CT molecular complexity index is 812. The molecule has 0 aromatic carbocycles. The number of unbranched alkanes of at least 4 members (excludes halogenated alkanes) is 3. The summed E-state index contributed by atoms with van der Waals surface area (Å²) in [5.74, 6) is 1.67. The van der Waals surface area contributed by atoms with Gasteiger partial charge in [0.15, 0.2) is 17.2 Å². The van der Waals surface area contributed by atoms with Crippen LogP contribution < -0.4 is 0 Å². The second kappa shape index (κ2) is 8.72. The quantitative estimate of drug-likeness (QED) is 0.340. The standard InChI is InChI=1S/C28H42O4/c1-5-6-7-8-9-25(31)32-28(19(2)29)17-14-24-22-11-10-20-18-21(30)12-15-26(20,3)23(22)13-16-27(24,28)4/h18,22-24H,5-17H2,1-4H3/t22?,23?,24?,26-,27-,28-/m0/s1. The predicted octanol–water partition coefficient (Wildman–Crippen LogP) is 6.36. The second-order valence-corrected chi connectivity index (χ2v) is 11.6. The number of Topliss-reactive ketones (excluding diaryl/α,β-unsaturated/α-hetero) is 1. The van der Waals surface area contributed by atoms with Gasteiger partial charge in [0.1, 0.15) is 0 Å². The molecule has 0 heterocycles. The summed E-state index contributed by atoms with van der Waals surface area (Å²) in [5, 5.41) is 0. The fourth-order valence-electron chi connectivity index (χ4n) is 8.32. The van der Waals surface area contributed by atoms with Crippen LogP contribution in [-0.4, -0.2) is 23.1 Å². The van der Waals surface area contributed by atoms with E-state index in [1.54, 1.807) is 6.92 Å². The lowest BCUT2D eigenvalue weighted by Gasteiger charge is -2.59. The molecule has 0 N–H and O–H groups in total. The molecule has 0 amide bonds. The zero-order chi connectivity index (χ0) is 23.1. The summed E-state index contributed by atoms with van der Waals surface area (Å²) >= 11 is 0. The predicted molar refractivity (Wildman–Crippen MR) is 125 cm³/mol. The van der Waals surface area contributed by atoms with Gasteiger partial charge in [0, 0.05) is 18.3 Å². The van der Waals surface area contributed by atoms with Crippen LogP contribution in [-0.2, 0) is 19.1 Å². The van der Waals surface area contributed by atoms with Crippen molar-refractivity contribution in [3.8, 4) is 0 Å². The zero-order valence-electron chi connectivity index (χ0n) is 20.6. The van der Waals surface area contributed by atoms with Crippen molar-refractivity contribution in [2.24, 2.45) is 28.6 Å². The van der Waals surface area contributed by atoms with Gasteiger partial charge in [0.2, 0.25) is 0 Å². The van der Waals surface area contributed by atoms with E-state index < -0.39 is 5.60 Å². The van der Waals surface area contributed by atoms with E-state index in [0.29, 0.717) is 42.8 Å². The van der Waals surface area contributed by atoms with Gasteiger partial charge in [-0.25, -0.2) is 0 Å². The van der Waals surface area contributed by atoms with Gasteiger partial charge in [-0.2, -0.15) is 0 Å².